The van der Waals surface area contributed by atoms with Crippen LogP contribution in [-0.2, 0) is 6.54 Å². The quantitative estimate of drug-likeness (QED) is 0.658. The van der Waals surface area contributed by atoms with Crippen molar-refractivity contribution in [3.63, 3.8) is 0 Å². The molecule has 3 heteroatoms. The first-order chi connectivity index (χ1) is 9.22. The first-order valence-corrected chi connectivity index (χ1v) is 7.54. The molecule has 1 aromatic heterocycles. The minimum absolute atomic E-state index is 0.954. The molecule has 0 aromatic carbocycles. The summed E-state index contributed by atoms with van der Waals surface area (Å²) in [6.07, 6.45) is 5.10. The number of rotatable bonds is 10. The molecule has 108 valence electrons. The van der Waals surface area contributed by atoms with E-state index in [2.05, 4.69) is 41.3 Å². The van der Waals surface area contributed by atoms with E-state index in [1.54, 1.807) is 0 Å². The maximum atomic E-state index is 4.54. The fourth-order valence-electron chi connectivity index (χ4n) is 2.15. The molecule has 0 amide bonds. The topological polar surface area (TPSA) is 28.2 Å². The molecule has 0 aliphatic carbocycles. The SMILES string of the molecule is CCCNCCCCCN(C)Cc1cccc(C)n1. The molecule has 0 spiro atoms. The van der Waals surface area contributed by atoms with Crippen molar-refractivity contribution in [2.24, 2.45) is 0 Å². The fourth-order valence-corrected chi connectivity index (χ4v) is 2.15. The Morgan fingerprint density at radius 3 is 2.74 bits per heavy atom. The Kier molecular flexibility index (Phi) is 8.43. The van der Waals surface area contributed by atoms with Crippen LogP contribution in [0.3, 0.4) is 0 Å². The predicted molar refractivity (Wildman–Crippen MR) is 82.3 cm³/mol. The van der Waals surface area contributed by atoms with Crippen LogP contribution in [0.25, 0.3) is 0 Å². The average Bonchev–Trinajstić information content (AvgIpc) is 2.37. The van der Waals surface area contributed by atoms with Gasteiger partial charge in [-0.05, 0) is 65.0 Å². The zero-order valence-electron chi connectivity index (χ0n) is 12.8. The Labute approximate surface area is 118 Å². The Hall–Kier alpha value is -0.930. The zero-order valence-corrected chi connectivity index (χ0v) is 12.8. The molecule has 1 rings (SSSR count). The van der Waals surface area contributed by atoms with Gasteiger partial charge in [0, 0.05) is 12.2 Å². The molecule has 0 saturated carbocycles. The zero-order chi connectivity index (χ0) is 13.9. The minimum Gasteiger partial charge on any atom is -0.317 e. The number of hydrogen-bond acceptors (Lipinski definition) is 3. The summed E-state index contributed by atoms with van der Waals surface area (Å²) in [5, 5.41) is 3.45. The lowest BCUT2D eigenvalue weighted by atomic mass is 10.2. The van der Waals surface area contributed by atoms with Crippen molar-refractivity contribution < 1.29 is 0 Å². The van der Waals surface area contributed by atoms with Gasteiger partial charge in [-0.1, -0.05) is 19.4 Å². The second-order valence-electron chi connectivity index (χ2n) is 5.32. The van der Waals surface area contributed by atoms with E-state index < -0.39 is 0 Å². The average molecular weight is 263 g/mol. The molecule has 1 aromatic rings. The molecule has 0 bridgehead atoms. The summed E-state index contributed by atoms with van der Waals surface area (Å²) in [7, 11) is 2.18. The summed E-state index contributed by atoms with van der Waals surface area (Å²) >= 11 is 0. The van der Waals surface area contributed by atoms with E-state index in [0.29, 0.717) is 0 Å². The summed E-state index contributed by atoms with van der Waals surface area (Å²) in [4.78, 5) is 6.90. The lowest BCUT2D eigenvalue weighted by Crippen LogP contribution is -2.20. The molecule has 0 atom stereocenters. The van der Waals surface area contributed by atoms with Crippen LogP contribution in [-0.4, -0.2) is 36.6 Å². The van der Waals surface area contributed by atoms with E-state index in [9.17, 15) is 0 Å². The van der Waals surface area contributed by atoms with Gasteiger partial charge in [-0.2, -0.15) is 0 Å². The summed E-state index contributed by atoms with van der Waals surface area (Å²) in [6, 6.07) is 6.25. The van der Waals surface area contributed by atoms with E-state index in [4.69, 9.17) is 0 Å². The molecule has 0 unspecified atom stereocenters. The fraction of sp³-hybridized carbons (Fsp3) is 0.688. The molecule has 0 radical (unpaired) electrons. The van der Waals surface area contributed by atoms with E-state index in [0.717, 1.165) is 31.9 Å². The number of aryl methyl sites for hydroxylation is 1. The van der Waals surface area contributed by atoms with Crippen LogP contribution in [0.5, 0.6) is 0 Å². The second kappa shape index (κ2) is 9.93. The van der Waals surface area contributed by atoms with Crippen LogP contribution >= 0.6 is 0 Å². The molecule has 0 aliphatic rings. The van der Waals surface area contributed by atoms with Crippen LogP contribution in [0.15, 0.2) is 18.2 Å². The Balaban J connectivity index is 2.06. The number of nitrogens with zero attached hydrogens (tertiary/aromatic N) is 2. The molecule has 0 saturated heterocycles. The van der Waals surface area contributed by atoms with Gasteiger partial charge < -0.3 is 10.2 Å². The lowest BCUT2D eigenvalue weighted by molar-refractivity contribution is 0.313. The highest BCUT2D eigenvalue weighted by Crippen LogP contribution is 2.03. The number of pyridine rings is 1. The van der Waals surface area contributed by atoms with Crippen LogP contribution < -0.4 is 5.32 Å². The van der Waals surface area contributed by atoms with Crippen molar-refractivity contribution in [3.05, 3.63) is 29.6 Å². The molecule has 19 heavy (non-hydrogen) atoms. The maximum absolute atomic E-state index is 4.54. The smallest absolute Gasteiger partial charge is 0.0547 e. The van der Waals surface area contributed by atoms with Gasteiger partial charge in [-0.15, -0.1) is 0 Å². The number of aromatic nitrogens is 1. The van der Waals surface area contributed by atoms with E-state index in [1.807, 2.05) is 13.0 Å². The molecule has 1 N–H and O–H groups in total. The Morgan fingerprint density at radius 2 is 2.00 bits per heavy atom. The van der Waals surface area contributed by atoms with Crippen LogP contribution in [0, 0.1) is 6.92 Å². The van der Waals surface area contributed by atoms with Crippen LogP contribution in [0.4, 0.5) is 0 Å². The van der Waals surface area contributed by atoms with Crippen LogP contribution in [0.2, 0.25) is 0 Å². The summed E-state index contributed by atoms with van der Waals surface area (Å²) in [5.41, 5.74) is 2.28. The van der Waals surface area contributed by atoms with Gasteiger partial charge in [0.15, 0.2) is 0 Å². The van der Waals surface area contributed by atoms with Crippen LogP contribution in [0.1, 0.15) is 44.0 Å². The Bertz CT molecular complexity index is 339. The van der Waals surface area contributed by atoms with E-state index >= 15 is 0 Å². The molecule has 0 fully saturated rings. The van der Waals surface area contributed by atoms with Gasteiger partial charge in [0.25, 0.3) is 0 Å². The number of unbranched alkanes of at least 4 members (excludes halogenated alkanes) is 2. The van der Waals surface area contributed by atoms with Crippen molar-refractivity contribution >= 4 is 0 Å². The first kappa shape index (κ1) is 16.1. The minimum atomic E-state index is 0.954. The highest BCUT2D eigenvalue weighted by atomic mass is 15.1. The third-order valence-electron chi connectivity index (χ3n) is 3.20. The standard InChI is InChI=1S/C16H29N3/c1-4-11-17-12-6-5-7-13-19(3)14-16-10-8-9-15(2)18-16/h8-10,17H,4-7,11-14H2,1-3H3. The molecular weight excluding hydrogens is 234 g/mol. The largest absolute Gasteiger partial charge is 0.317 e. The van der Waals surface area contributed by atoms with Crippen molar-refractivity contribution in [2.45, 2.75) is 46.1 Å². The van der Waals surface area contributed by atoms with Gasteiger partial charge in [0.05, 0.1) is 5.69 Å². The first-order valence-electron chi connectivity index (χ1n) is 7.54. The van der Waals surface area contributed by atoms with Crippen molar-refractivity contribution in [1.29, 1.82) is 0 Å². The van der Waals surface area contributed by atoms with Gasteiger partial charge in [0.2, 0.25) is 0 Å². The highest BCUT2D eigenvalue weighted by Gasteiger charge is 2.01. The molecule has 1 heterocycles. The number of hydrogen-bond donors (Lipinski definition) is 1. The Morgan fingerprint density at radius 1 is 1.16 bits per heavy atom. The molecular formula is C16H29N3. The van der Waals surface area contributed by atoms with Crippen molar-refractivity contribution in [2.75, 3.05) is 26.7 Å². The highest BCUT2D eigenvalue weighted by molar-refractivity contribution is 5.09. The van der Waals surface area contributed by atoms with E-state index in [-0.39, 0.29) is 0 Å². The summed E-state index contributed by atoms with van der Waals surface area (Å²) in [6.45, 7) is 8.68. The van der Waals surface area contributed by atoms with E-state index in [1.165, 1.54) is 31.4 Å². The van der Waals surface area contributed by atoms with Crippen molar-refractivity contribution in [1.82, 2.24) is 15.2 Å². The van der Waals surface area contributed by atoms with Gasteiger partial charge in [-0.25, -0.2) is 0 Å². The molecule has 0 aliphatic heterocycles. The maximum Gasteiger partial charge on any atom is 0.0547 e. The second-order valence-corrected chi connectivity index (χ2v) is 5.32. The summed E-state index contributed by atoms with van der Waals surface area (Å²) in [5.74, 6) is 0. The summed E-state index contributed by atoms with van der Waals surface area (Å²) < 4.78 is 0. The normalized spacial score (nSPS) is 11.2. The van der Waals surface area contributed by atoms with Crippen molar-refractivity contribution in [3.8, 4) is 0 Å². The number of nitrogens with one attached hydrogen (secondary N) is 1. The van der Waals surface area contributed by atoms with Gasteiger partial charge in [0.1, 0.15) is 0 Å². The van der Waals surface area contributed by atoms with Gasteiger partial charge >= 0.3 is 0 Å². The van der Waals surface area contributed by atoms with Gasteiger partial charge in [-0.3, -0.25) is 4.98 Å². The lowest BCUT2D eigenvalue weighted by Gasteiger charge is -2.16. The molecule has 3 nitrogen and oxygen atoms in total. The third-order valence-corrected chi connectivity index (χ3v) is 3.20. The predicted octanol–water partition coefficient (Wildman–Crippen LogP) is 2.99. The third kappa shape index (κ3) is 7.96. The monoisotopic (exact) mass is 263 g/mol.